The van der Waals surface area contributed by atoms with Crippen molar-refractivity contribution in [2.24, 2.45) is 5.92 Å². The third-order valence-electron chi connectivity index (χ3n) is 8.30. The molecule has 2 aromatic carbocycles. The molecule has 1 fully saturated rings. The number of likely N-dealkylation sites (N-methyl/N-ethyl adjacent to an activating group) is 1. The number of pyridine rings is 1. The third kappa shape index (κ3) is 8.58. The van der Waals surface area contributed by atoms with Crippen LogP contribution in [0.4, 0.5) is 4.79 Å². The van der Waals surface area contributed by atoms with Gasteiger partial charge in [-0.25, -0.2) is 13.2 Å². The van der Waals surface area contributed by atoms with Crippen molar-refractivity contribution in [3.63, 3.8) is 0 Å². The predicted molar refractivity (Wildman–Crippen MR) is 185 cm³/mol. The Bertz CT molecular complexity index is 1730. The van der Waals surface area contributed by atoms with E-state index in [1.54, 1.807) is 57.3 Å². The highest BCUT2D eigenvalue weighted by Gasteiger charge is 2.38. The zero-order valence-corrected chi connectivity index (χ0v) is 30.7. The summed E-state index contributed by atoms with van der Waals surface area (Å²) in [5.74, 6) is 1.27. The summed E-state index contributed by atoms with van der Waals surface area (Å²) in [6, 6.07) is 12.5. The Labute approximate surface area is 290 Å². The van der Waals surface area contributed by atoms with E-state index in [1.807, 2.05) is 33.2 Å². The molecule has 2 heterocycles. The van der Waals surface area contributed by atoms with E-state index in [2.05, 4.69) is 31.1 Å². The molecule has 0 bridgehead atoms. The van der Waals surface area contributed by atoms with E-state index in [0.717, 1.165) is 22.0 Å². The number of halogens is 2. The number of nitrogens with zero attached hydrogens (tertiary/aromatic N) is 3. The molecule has 1 amide bonds. The highest BCUT2D eigenvalue weighted by Crippen LogP contribution is 2.43. The summed E-state index contributed by atoms with van der Waals surface area (Å²) in [5.41, 5.74) is 2.98. The minimum atomic E-state index is -3.71. The number of fused-ring (bicyclic) bond motifs is 1. The number of nitrogens with one attached hydrogen (secondary N) is 1. The summed E-state index contributed by atoms with van der Waals surface area (Å²) in [7, 11) is 0.344. The van der Waals surface area contributed by atoms with Crippen LogP contribution in [0.1, 0.15) is 55.7 Å². The average Bonchev–Trinajstić information content (AvgIpc) is 3.61. The maximum absolute atomic E-state index is 13.7. The van der Waals surface area contributed by atoms with Gasteiger partial charge in [0.1, 0.15) is 23.2 Å². The van der Waals surface area contributed by atoms with Crippen molar-refractivity contribution in [3.8, 4) is 11.5 Å². The first kappa shape index (κ1) is 35.4. The molecule has 5 rings (SSSR count). The Morgan fingerprint density at radius 3 is 2.64 bits per heavy atom. The van der Waals surface area contributed by atoms with Gasteiger partial charge in [-0.3, -0.25) is 4.98 Å². The number of carbonyl (C=O) groups excluding carboxylic acids is 1. The molecule has 10 nitrogen and oxygen atoms in total. The van der Waals surface area contributed by atoms with Gasteiger partial charge in [-0.1, -0.05) is 27.5 Å². The van der Waals surface area contributed by atoms with Crippen LogP contribution in [0.3, 0.4) is 0 Å². The molecule has 1 saturated heterocycles. The maximum Gasteiger partial charge on any atom is 0.407 e. The van der Waals surface area contributed by atoms with Crippen LogP contribution in [0.5, 0.6) is 11.5 Å². The average molecular weight is 750 g/mol. The van der Waals surface area contributed by atoms with Crippen LogP contribution in [-0.2, 0) is 27.7 Å². The minimum Gasteiger partial charge on any atom is -0.493 e. The number of carbonyl (C=O) groups is 1. The monoisotopic (exact) mass is 748 g/mol. The second kappa shape index (κ2) is 14.3. The highest BCUT2D eigenvalue weighted by atomic mass is 79.9. The van der Waals surface area contributed by atoms with Crippen LogP contribution < -0.4 is 14.8 Å². The number of alkyl carbamates (subject to hydrolysis) is 1. The number of rotatable bonds is 10. The fraction of sp³-hybridized carbons (Fsp3) is 0.471. The van der Waals surface area contributed by atoms with Gasteiger partial charge in [0.15, 0.2) is 0 Å². The summed E-state index contributed by atoms with van der Waals surface area (Å²) in [6.45, 7) is 8.59. The number of aromatic nitrogens is 1. The molecule has 0 saturated carbocycles. The fourth-order valence-corrected chi connectivity index (χ4v) is 8.51. The van der Waals surface area contributed by atoms with Gasteiger partial charge in [0.25, 0.3) is 0 Å². The summed E-state index contributed by atoms with van der Waals surface area (Å²) in [5, 5.41) is 3.32. The quantitative estimate of drug-likeness (QED) is 0.250. The molecule has 47 heavy (non-hydrogen) atoms. The van der Waals surface area contributed by atoms with E-state index < -0.39 is 21.7 Å². The SMILES string of the molecule is Cc1cc(S(=O)(=O)N2CC[C@H](COc3ccnc(CNC(=O)OC(C)(C)C)c3)C2)ccc1O[C@H]1c2cc(Cl)cc(Br)c2C[C@@H]1N(C)C. The molecule has 1 N–H and O–H groups in total. The molecule has 1 aromatic heterocycles. The van der Waals surface area contributed by atoms with E-state index in [0.29, 0.717) is 48.3 Å². The van der Waals surface area contributed by atoms with Gasteiger partial charge in [-0.05, 0) is 108 Å². The van der Waals surface area contributed by atoms with Crippen LogP contribution in [-0.4, -0.2) is 74.1 Å². The lowest BCUT2D eigenvalue weighted by molar-refractivity contribution is 0.0522. The van der Waals surface area contributed by atoms with Crippen LogP contribution in [0.2, 0.25) is 5.02 Å². The first-order chi connectivity index (χ1) is 22.1. The zero-order chi connectivity index (χ0) is 34.1. The summed E-state index contributed by atoms with van der Waals surface area (Å²) >= 11 is 10.1. The number of hydrogen-bond acceptors (Lipinski definition) is 8. The molecule has 1 aliphatic carbocycles. The molecule has 254 valence electrons. The third-order valence-corrected chi connectivity index (χ3v) is 11.1. The summed E-state index contributed by atoms with van der Waals surface area (Å²) < 4.78 is 47.7. The second-order valence-electron chi connectivity index (χ2n) is 13.3. The van der Waals surface area contributed by atoms with Crippen molar-refractivity contribution in [2.45, 2.75) is 69.7 Å². The van der Waals surface area contributed by atoms with Gasteiger partial charge in [0.05, 0.1) is 29.8 Å². The molecule has 2 aliphatic rings. The number of sulfonamides is 1. The number of amides is 1. The number of ether oxygens (including phenoxy) is 3. The van der Waals surface area contributed by atoms with Crippen molar-refractivity contribution in [3.05, 3.63) is 80.5 Å². The van der Waals surface area contributed by atoms with Crippen molar-refractivity contribution in [2.75, 3.05) is 33.8 Å². The lowest BCUT2D eigenvalue weighted by atomic mass is 10.1. The minimum absolute atomic E-state index is 0.0292. The number of benzene rings is 2. The van der Waals surface area contributed by atoms with Crippen molar-refractivity contribution in [1.82, 2.24) is 19.5 Å². The Balaban J connectivity index is 1.19. The lowest BCUT2D eigenvalue weighted by Gasteiger charge is -2.28. The molecule has 3 aromatic rings. The molecule has 0 radical (unpaired) electrons. The van der Waals surface area contributed by atoms with Gasteiger partial charge < -0.3 is 24.4 Å². The highest BCUT2D eigenvalue weighted by molar-refractivity contribution is 9.10. The topological polar surface area (TPSA) is 110 Å². The van der Waals surface area contributed by atoms with Gasteiger partial charge in [0.2, 0.25) is 10.0 Å². The smallest absolute Gasteiger partial charge is 0.407 e. The van der Waals surface area contributed by atoms with E-state index in [-0.39, 0.29) is 29.5 Å². The van der Waals surface area contributed by atoms with E-state index in [9.17, 15) is 13.2 Å². The van der Waals surface area contributed by atoms with Gasteiger partial charge in [-0.15, -0.1) is 0 Å². The van der Waals surface area contributed by atoms with Gasteiger partial charge in [0, 0.05) is 40.8 Å². The summed E-state index contributed by atoms with van der Waals surface area (Å²) in [6.07, 6.45) is 2.33. The van der Waals surface area contributed by atoms with Crippen LogP contribution in [0.25, 0.3) is 0 Å². The summed E-state index contributed by atoms with van der Waals surface area (Å²) in [4.78, 5) is 18.6. The largest absolute Gasteiger partial charge is 0.493 e. The van der Waals surface area contributed by atoms with Crippen LogP contribution >= 0.6 is 27.5 Å². The van der Waals surface area contributed by atoms with Crippen molar-refractivity contribution >= 4 is 43.6 Å². The first-order valence-electron chi connectivity index (χ1n) is 15.6. The number of aryl methyl sites for hydroxylation is 1. The standard InChI is InChI=1S/C34H42BrClN4O6S/c1-21-13-26(7-8-31(21)45-32-28-14-23(36)15-29(35)27(28)17-30(32)39(5)6)47(42,43)40-12-10-22(19-40)20-44-25-9-11-37-24(16-25)18-38-33(41)46-34(2,3)4/h7-9,11,13-16,22,30,32H,10,12,17-20H2,1-6H3,(H,38,41)/t22-,30-,32-/m0/s1. The van der Waals surface area contributed by atoms with Gasteiger partial charge >= 0.3 is 6.09 Å². The zero-order valence-electron chi connectivity index (χ0n) is 27.5. The Morgan fingerprint density at radius 2 is 1.94 bits per heavy atom. The fourth-order valence-electron chi connectivity index (χ4n) is 5.90. The molecule has 0 spiro atoms. The van der Waals surface area contributed by atoms with E-state index in [4.69, 9.17) is 25.8 Å². The molecular weight excluding hydrogens is 708 g/mol. The molecule has 13 heteroatoms. The molecule has 3 atom stereocenters. The maximum atomic E-state index is 13.7. The Kier molecular flexibility index (Phi) is 10.8. The number of hydrogen-bond donors (Lipinski definition) is 1. The van der Waals surface area contributed by atoms with E-state index >= 15 is 0 Å². The Hall–Kier alpha value is -2.90. The van der Waals surface area contributed by atoms with Gasteiger partial charge in [-0.2, -0.15) is 4.31 Å². The van der Waals surface area contributed by atoms with Crippen molar-refractivity contribution in [1.29, 1.82) is 0 Å². The Morgan fingerprint density at radius 1 is 1.17 bits per heavy atom. The lowest BCUT2D eigenvalue weighted by Crippen LogP contribution is -2.34. The van der Waals surface area contributed by atoms with Crippen LogP contribution in [0, 0.1) is 12.8 Å². The normalized spacial score (nSPS) is 19.9. The van der Waals surface area contributed by atoms with E-state index in [1.165, 1.54) is 9.87 Å². The van der Waals surface area contributed by atoms with Crippen LogP contribution in [0.15, 0.2) is 58.0 Å². The second-order valence-corrected chi connectivity index (χ2v) is 16.6. The predicted octanol–water partition coefficient (Wildman–Crippen LogP) is 6.53. The molecule has 1 aliphatic heterocycles. The molecule has 0 unspecified atom stereocenters. The molecular formula is C34H42BrClN4O6S. The first-order valence-corrected chi connectivity index (χ1v) is 18.2. The van der Waals surface area contributed by atoms with Crippen molar-refractivity contribution < 1.29 is 27.4 Å².